The highest BCUT2D eigenvalue weighted by Crippen LogP contribution is 2.12. The molecule has 2 amide bonds. The van der Waals surface area contributed by atoms with Gasteiger partial charge in [-0.2, -0.15) is 0 Å². The van der Waals surface area contributed by atoms with Gasteiger partial charge >= 0.3 is 0 Å². The van der Waals surface area contributed by atoms with Gasteiger partial charge in [0.05, 0.1) is 6.54 Å². The summed E-state index contributed by atoms with van der Waals surface area (Å²) in [6.07, 6.45) is 0.934. The van der Waals surface area contributed by atoms with Crippen LogP contribution in [0.25, 0.3) is 0 Å². The van der Waals surface area contributed by atoms with Crippen LogP contribution in [-0.2, 0) is 9.59 Å². The van der Waals surface area contributed by atoms with E-state index < -0.39 is 0 Å². The molecule has 0 fully saturated rings. The molecule has 0 radical (unpaired) electrons. The zero-order valence-electron chi connectivity index (χ0n) is 16.6. The number of nitrogens with zero attached hydrogens (tertiary/aromatic N) is 1. The van der Waals surface area contributed by atoms with Crippen LogP contribution in [0.4, 0.5) is 5.69 Å². The highest BCUT2D eigenvalue weighted by atomic mass is 16.2. The number of rotatable bonds is 9. The molecule has 5 nitrogen and oxygen atoms in total. The summed E-state index contributed by atoms with van der Waals surface area (Å²) < 4.78 is 0. The van der Waals surface area contributed by atoms with Crippen LogP contribution in [0.15, 0.2) is 24.3 Å². The highest BCUT2D eigenvalue weighted by molar-refractivity contribution is 5.92. The molecule has 0 aromatic heterocycles. The van der Waals surface area contributed by atoms with E-state index in [1.54, 1.807) is 0 Å². The fourth-order valence-electron chi connectivity index (χ4n) is 3.20. The molecule has 1 aromatic rings. The van der Waals surface area contributed by atoms with Gasteiger partial charge in [0.1, 0.15) is 0 Å². The molecule has 1 atom stereocenters. The molecule has 0 saturated heterocycles. The van der Waals surface area contributed by atoms with E-state index in [1.807, 2.05) is 63.8 Å². The Morgan fingerprint density at radius 3 is 2.20 bits per heavy atom. The van der Waals surface area contributed by atoms with Gasteiger partial charge in [0, 0.05) is 17.8 Å². The molecule has 2 N–H and O–H groups in total. The summed E-state index contributed by atoms with van der Waals surface area (Å²) in [5, 5.41) is 2.96. The second kappa shape index (κ2) is 10.2. The van der Waals surface area contributed by atoms with Gasteiger partial charge in [0.15, 0.2) is 13.1 Å². The van der Waals surface area contributed by atoms with Crippen LogP contribution in [0.5, 0.6) is 0 Å². The average Bonchev–Trinajstić information content (AvgIpc) is 2.48. The monoisotopic (exact) mass is 348 g/mol. The summed E-state index contributed by atoms with van der Waals surface area (Å²) >= 11 is 0. The molecule has 0 saturated carbocycles. The molecule has 0 heterocycles. The quantitative estimate of drug-likeness (QED) is 0.716. The van der Waals surface area contributed by atoms with Crippen molar-refractivity contribution < 1.29 is 14.5 Å². The van der Waals surface area contributed by atoms with Gasteiger partial charge in [0.25, 0.3) is 11.8 Å². The van der Waals surface area contributed by atoms with Crippen molar-refractivity contribution in [1.82, 2.24) is 4.90 Å². The first kappa shape index (κ1) is 21.2. The standard InChI is InChI=1S/C20H33N3O2/c1-7-12-22(14-20(25)23(15(2)3)16(4)5)13-19(24)21-18-11-9-8-10-17(18)6/h8-11,15-16H,7,12-14H2,1-6H3,(H,21,24)/p+1. The Kier molecular flexibility index (Phi) is 8.62. The Morgan fingerprint density at radius 2 is 1.68 bits per heavy atom. The lowest BCUT2D eigenvalue weighted by atomic mass is 10.2. The lowest BCUT2D eigenvalue weighted by Crippen LogP contribution is -3.14. The fourth-order valence-corrected chi connectivity index (χ4v) is 3.20. The summed E-state index contributed by atoms with van der Waals surface area (Å²) in [7, 11) is 0. The average molecular weight is 349 g/mol. The van der Waals surface area contributed by atoms with E-state index in [1.165, 1.54) is 0 Å². The molecule has 5 heteroatoms. The number of aryl methyl sites for hydroxylation is 1. The number of hydrogen-bond donors (Lipinski definition) is 2. The van der Waals surface area contributed by atoms with Crippen molar-refractivity contribution in [3.05, 3.63) is 29.8 Å². The molecule has 0 aliphatic carbocycles. The number of para-hydroxylation sites is 1. The van der Waals surface area contributed by atoms with Gasteiger partial charge in [-0.3, -0.25) is 9.59 Å². The predicted octanol–water partition coefficient (Wildman–Crippen LogP) is 1.87. The summed E-state index contributed by atoms with van der Waals surface area (Å²) in [6.45, 7) is 13.6. The predicted molar refractivity (Wildman–Crippen MR) is 103 cm³/mol. The fraction of sp³-hybridized carbons (Fsp3) is 0.600. The third kappa shape index (κ3) is 6.86. The van der Waals surface area contributed by atoms with E-state index >= 15 is 0 Å². The molecule has 0 aliphatic rings. The lowest BCUT2D eigenvalue weighted by molar-refractivity contribution is -0.884. The number of carbonyl (C=O) groups is 2. The van der Waals surface area contributed by atoms with Gasteiger partial charge in [-0.15, -0.1) is 0 Å². The number of hydrogen-bond acceptors (Lipinski definition) is 2. The number of amides is 2. The Morgan fingerprint density at radius 1 is 1.08 bits per heavy atom. The molecule has 0 aliphatic heterocycles. The van der Waals surface area contributed by atoms with Crippen molar-refractivity contribution in [2.24, 2.45) is 0 Å². The van der Waals surface area contributed by atoms with E-state index in [-0.39, 0.29) is 23.9 Å². The Balaban J connectivity index is 2.71. The Hall–Kier alpha value is -1.88. The van der Waals surface area contributed by atoms with Crippen LogP contribution in [-0.4, -0.2) is 48.4 Å². The molecule has 1 rings (SSSR count). The van der Waals surface area contributed by atoms with Crippen LogP contribution in [0.2, 0.25) is 0 Å². The number of quaternary nitrogens is 1. The van der Waals surface area contributed by atoms with Crippen LogP contribution in [0, 0.1) is 6.92 Å². The van der Waals surface area contributed by atoms with E-state index in [0.717, 1.165) is 29.1 Å². The minimum atomic E-state index is -0.0498. The van der Waals surface area contributed by atoms with Gasteiger partial charge in [0.2, 0.25) is 0 Å². The largest absolute Gasteiger partial charge is 0.333 e. The minimum absolute atomic E-state index is 0.0498. The van der Waals surface area contributed by atoms with Gasteiger partial charge in [-0.1, -0.05) is 25.1 Å². The maximum absolute atomic E-state index is 12.7. The van der Waals surface area contributed by atoms with E-state index in [0.29, 0.717) is 13.1 Å². The van der Waals surface area contributed by atoms with Crippen molar-refractivity contribution in [3.63, 3.8) is 0 Å². The first-order valence-corrected chi connectivity index (χ1v) is 9.26. The smallest absolute Gasteiger partial charge is 0.279 e. The van der Waals surface area contributed by atoms with Crippen LogP contribution in [0.1, 0.15) is 46.6 Å². The van der Waals surface area contributed by atoms with Crippen molar-refractivity contribution in [2.75, 3.05) is 25.0 Å². The Bertz CT molecular complexity index is 562. The van der Waals surface area contributed by atoms with Gasteiger partial charge in [-0.25, -0.2) is 0 Å². The van der Waals surface area contributed by atoms with Crippen molar-refractivity contribution in [3.8, 4) is 0 Å². The number of anilines is 1. The summed E-state index contributed by atoms with van der Waals surface area (Å²) in [5.41, 5.74) is 1.87. The second-order valence-corrected chi connectivity index (χ2v) is 7.21. The zero-order valence-corrected chi connectivity index (χ0v) is 16.6. The maximum Gasteiger partial charge on any atom is 0.279 e. The lowest BCUT2D eigenvalue weighted by Gasteiger charge is -2.31. The van der Waals surface area contributed by atoms with Crippen LogP contribution in [0.3, 0.4) is 0 Å². The van der Waals surface area contributed by atoms with Gasteiger partial charge in [-0.05, 0) is 52.7 Å². The first-order chi connectivity index (χ1) is 11.8. The third-order valence-electron chi connectivity index (χ3n) is 4.24. The number of carbonyl (C=O) groups excluding carboxylic acids is 2. The maximum atomic E-state index is 12.7. The van der Waals surface area contributed by atoms with Crippen molar-refractivity contribution >= 4 is 17.5 Å². The summed E-state index contributed by atoms with van der Waals surface area (Å²) in [5.74, 6) is 0.0586. The van der Waals surface area contributed by atoms with Crippen LogP contribution >= 0.6 is 0 Å². The SMILES string of the molecule is CCC[NH+](CC(=O)Nc1ccccc1C)CC(=O)N(C(C)C)C(C)C. The molecule has 1 unspecified atom stereocenters. The van der Waals surface area contributed by atoms with E-state index in [9.17, 15) is 9.59 Å². The van der Waals surface area contributed by atoms with Crippen molar-refractivity contribution in [2.45, 2.75) is 60.0 Å². The topological polar surface area (TPSA) is 53.9 Å². The normalized spacial score (nSPS) is 12.3. The molecule has 1 aromatic carbocycles. The van der Waals surface area contributed by atoms with E-state index in [2.05, 4.69) is 12.2 Å². The summed E-state index contributed by atoms with van der Waals surface area (Å²) in [6, 6.07) is 8.06. The third-order valence-corrected chi connectivity index (χ3v) is 4.24. The molecule has 0 spiro atoms. The van der Waals surface area contributed by atoms with Crippen LogP contribution < -0.4 is 10.2 Å². The Labute approximate surface area is 152 Å². The minimum Gasteiger partial charge on any atom is -0.333 e. The second-order valence-electron chi connectivity index (χ2n) is 7.21. The summed E-state index contributed by atoms with van der Waals surface area (Å²) in [4.78, 5) is 28.0. The van der Waals surface area contributed by atoms with Gasteiger partial charge < -0.3 is 15.1 Å². The molecular formula is C20H34N3O2+. The number of benzene rings is 1. The van der Waals surface area contributed by atoms with E-state index in [4.69, 9.17) is 0 Å². The highest BCUT2D eigenvalue weighted by Gasteiger charge is 2.25. The molecule has 25 heavy (non-hydrogen) atoms. The molecule has 140 valence electrons. The molecular weight excluding hydrogens is 314 g/mol. The number of nitrogens with one attached hydrogen (secondary N) is 2. The zero-order chi connectivity index (χ0) is 19.0. The van der Waals surface area contributed by atoms with Crippen molar-refractivity contribution in [1.29, 1.82) is 0 Å². The molecule has 0 bridgehead atoms. The first-order valence-electron chi connectivity index (χ1n) is 9.26.